The molecule has 0 heterocycles. The fourth-order valence-corrected chi connectivity index (χ4v) is 1.76. The van der Waals surface area contributed by atoms with E-state index in [2.05, 4.69) is 19.1 Å². The minimum atomic E-state index is -0.0784. The van der Waals surface area contributed by atoms with E-state index < -0.39 is 0 Å². The lowest BCUT2D eigenvalue weighted by atomic mass is 9.94. The summed E-state index contributed by atoms with van der Waals surface area (Å²) in [5.41, 5.74) is 1.29. The predicted molar refractivity (Wildman–Crippen MR) is 76.5 cm³/mol. The zero-order valence-corrected chi connectivity index (χ0v) is 12.1. The van der Waals surface area contributed by atoms with Crippen molar-refractivity contribution in [2.45, 2.75) is 47.0 Å². The number of esters is 1. The Balaban J connectivity index is 0.00000137. The Morgan fingerprint density at radius 3 is 2.28 bits per heavy atom. The van der Waals surface area contributed by atoms with Gasteiger partial charge in [0.25, 0.3) is 0 Å². The molecule has 2 heteroatoms. The molecular formula is C16H26O2. The van der Waals surface area contributed by atoms with Crippen LogP contribution in [0.1, 0.15) is 46.1 Å². The van der Waals surface area contributed by atoms with Gasteiger partial charge in [0.1, 0.15) is 0 Å². The van der Waals surface area contributed by atoms with Gasteiger partial charge in [0.15, 0.2) is 0 Å². The number of hydrogen-bond acceptors (Lipinski definition) is 2. The van der Waals surface area contributed by atoms with Gasteiger partial charge in [0, 0.05) is 6.42 Å². The molecule has 0 aliphatic carbocycles. The highest BCUT2D eigenvalue weighted by atomic mass is 16.5. The van der Waals surface area contributed by atoms with Gasteiger partial charge in [-0.3, -0.25) is 4.79 Å². The molecule has 0 aromatic heterocycles. The highest BCUT2D eigenvalue weighted by Gasteiger charge is 2.13. The van der Waals surface area contributed by atoms with E-state index in [1.807, 2.05) is 39.0 Å². The van der Waals surface area contributed by atoms with E-state index in [-0.39, 0.29) is 5.97 Å². The lowest BCUT2D eigenvalue weighted by Gasteiger charge is -2.13. The molecule has 0 aliphatic heterocycles. The third-order valence-corrected chi connectivity index (χ3v) is 2.71. The first kappa shape index (κ1) is 16.7. The molecule has 0 bridgehead atoms. The molecule has 0 radical (unpaired) electrons. The zero-order valence-electron chi connectivity index (χ0n) is 12.1. The number of rotatable bonds is 6. The van der Waals surface area contributed by atoms with Crippen LogP contribution in [-0.2, 0) is 16.0 Å². The van der Waals surface area contributed by atoms with E-state index in [0.717, 1.165) is 12.8 Å². The predicted octanol–water partition coefficient (Wildman–Crippen LogP) is 4.23. The summed E-state index contributed by atoms with van der Waals surface area (Å²) in [4.78, 5) is 11.4. The second-order valence-corrected chi connectivity index (χ2v) is 3.97. The molecule has 2 nitrogen and oxygen atoms in total. The van der Waals surface area contributed by atoms with Crippen molar-refractivity contribution < 1.29 is 9.53 Å². The van der Waals surface area contributed by atoms with Crippen LogP contribution in [-0.4, -0.2) is 12.6 Å². The lowest BCUT2D eigenvalue weighted by Crippen LogP contribution is -2.13. The molecule has 18 heavy (non-hydrogen) atoms. The molecule has 1 aromatic carbocycles. The molecule has 0 saturated heterocycles. The average molecular weight is 250 g/mol. The Kier molecular flexibility index (Phi) is 10.0. The summed E-state index contributed by atoms with van der Waals surface area (Å²) in [5, 5.41) is 0. The normalized spacial score (nSPS) is 11.1. The highest BCUT2D eigenvalue weighted by Crippen LogP contribution is 2.16. The molecule has 0 N–H and O–H groups in total. The summed E-state index contributed by atoms with van der Waals surface area (Å²) in [7, 11) is 0. The standard InChI is InChI=1S/C14H20O2.C2H6/c1-3-12(11-14(15)16-4-2)10-13-8-6-5-7-9-13;1-2/h5-9,12H,3-4,10-11H2,1-2H3;1-2H3. The fraction of sp³-hybridized carbons (Fsp3) is 0.562. The SMILES string of the molecule is CC.CCOC(=O)CC(CC)Cc1ccccc1. The van der Waals surface area contributed by atoms with Crippen molar-refractivity contribution in [2.24, 2.45) is 5.92 Å². The molecule has 1 unspecified atom stereocenters. The lowest BCUT2D eigenvalue weighted by molar-refractivity contribution is -0.144. The van der Waals surface area contributed by atoms with Gasteiger partial charge in [-0.1, -0.05) is 57.5 Å². The summed E-state index contributed by atoms with van der Waals surface area (Å²) in [6.07, 6.45) is 2.49. The van der Waals surface area contributed by atoms with Crippen LogP contribution in [0.15, 0.2) is 30.3 Å². The van der Waals surface area contributed by atoms with Crippen LogP contribution in [0.3, 0.4) is 0 Å². The molecule has 0 saturated carbocycles. The fourth-order valence-electron chi connectivity index (χ4n) is 1.76. The van der Waals surface area contributed by atoms with Crippen LogP contribution in [0.4, 0.5) is 0 Å². The van der Waals surface area contributed by atoms with Crippen molar-refractivity contribution in [1.29, 1.82) is 0 Å². The third kappa shape index (κ3) is 7.10. The van der Waals surface area contributed by atoms with Crippen molar-refractivity contribution in [3.8, 4) is 0 Å². The van der Waals surface area contributed by atoms with E-state index in [1.165, 1.54) is 5.56 Å². The van der Waals surface area contributed by atoms with E-state index in [0.29, 0.717) is 18.9 Å². The average Bonchev–Trinajstić information content (AvgIpc) is 2.41. The van der Waals surface area contributed by atoms with Crippen LogP contribution in [0.2, 0.25) is 0 Å². The monoisotopic (exact) mass is 250 g/mol. The van der Waals surface area contributed by atoms with Crippen LogP contribution >= 0.6 is 0 Å². The molecule has 0 aliphatic rings. The van der Waals surface area contributed by atoms with Gasteiger partial charge in [0.05, 0.1) is 6.61 Å². The van der Waals surface area contributed by atoms with E-state index >= 15 is 0 Å². The van der Waals surface area contributed by atoms with Crippen LogP contribution in [0, 0.1) is 5.92 Å². The Morgan fingerprint density at radius 2 is 1.78 bits per heavy atom. The maximum absolute atomic E-state index is 11.4. The zero-order chi connectivity index (χ0) is 13.8. The highest BCUT2D eigenvalue weighted by molar-refractivity contribution is 5.69. The van der Waals surface area contributed by atoms with Crippen LogP contribution in [0.5, 0.6) is 0 Å². The minimum absolute atomic E-state index is 0.0784. The van der Waals surface area contributed by atoms with Gasteiger partial charge in [0.2, 0.25) is 0 Å². The summed E-state index contributed by atoms with van der Waals surface area (Å²) in [6.45, 7) is 8.43. The molecule has 0 spiro atoms. The quantitative estimate of drug-likeness (QED) is 0.706. The Bertz CT molecular complexity index is 306. The van der Waals surface area contributed by atoms with Gasteiger partial charge in [-0.15, -0.1) is 0 Å². The largest absolute Gasteiger partial charge is 0.466 e. The van der Waals surface area contributed by atoms with Crippen molar-refractivity contribution in [2.75, 3.05) is 6.61 Å². The van der Waals surface area contributed by atoms with Gasteiger partial charge in [-0.05, 0) is 24.8 Å². The Labute approximate surface area is 111 Å². The maximum Gasteiger partial charge on any atom is 0.306 e. The Morgan fingerprint density at radius 1 is 1.17 bits per heavy atom. The number of benzene rings is 1. The number of ether oxygens (including phenoxy) is 1. The summed E-state index contributed by atoms with van der Waals surface area (Å²) in [6, 6.07) is 10.3. The first-order chi connectivity index (χ1) is 8.76. The third-order valence-electron chi connectivity index (χ3n) is 2.71. The van der Waals surface area contributed by atoms with E-state index in [9.17, 15) is 4.79 Å². The maximum atomic E-state index is 11.4. The van der Waals surface area contributed by atoms with Gasteiger partial charge in [-0.25, -0.2) is 0 Å². The van der Waals surface area contributed by atoms with Gasteiger partial charge in [-0.2, -0.15) is 0 Å². The molecular weight excluding hydrogens is 224 g/mol. The van der Waals surface area contributed by atoms with Crippen molar-refractivity contribution in [1.82, 2.24) is 0 Å². The minimum Gasteiger partial charge on any atom is -0.466 e. The van der Waals surface area contributed by atoms with Crippen LogP contribution < -0.4 is 0 Å². The molecule has 1 atom stereocenters. The number of carbonyl (C=O) groups is 1. The molecule has 1 aromatic rings. The summed E-state index contributed by atoms with van der Waals surface area (Å²) in [5.74, 6) is 0.312. The summed E-state index contributed by atoms with van der Waals surface area (Å²) < 4.78 is 4.97. The topological polar surface area (TPSA) is 26.3 Å². The van der Waals surface area contributed by atoms with Gasteiger partial charge < -0.3 is 4.74 Å². The molecule has 102 valence electrons. The van der Waals surface area contributed by atoms with Crippen LogP contribution in [0.25, 0.3) is 0 Å². The molecule has 0 fully saturated rings. The number of carbonyl (C=O) groups excluding carboxylic acids is 1. The first-order valence-electron chi connectivity index (χ1n) is 6.95. The molecule has 0 amide bonds. The van der Waals surface area contributed by atoms with E-state index in [4.69, 9.17) is 4.74 Å². The van der Waals surface area contributed by atoms with Crippen molar-refractivity contribution in [3.05, 3.63) is 35.9 Å². The van der Waals surface area contributed by atoms with Crippen molar-refractivity contribution >= 4 is 5.97 Å². The smallest absolute Gasteiger partial charge is 0.306 e. The van der Waals surface area contributed by atoms with Crippen molar-refractivity contribution in [3.63, 3.8) is 0 Å². The number of hydrogen-bond donors (Lipinski definition) is 0. The second kappa shape index (κ2) is 10.8. The first-order valence-corrected chi connectivity index (χ1v) is 6.95. The van der Waals surface area contributed by atoms with Gasteiger partial charge >= 0.3 is 5.97 Å². The summed E-state index contributed by atoms with van der Waals surface area (Å²) >= 11 is 0. The molecule has 1 rings (SSSR count). The van der Waals surface area contributed by atoms with E-state index in [1.54, 1.807) is 0 Å². The second-order valence-electron chi connectivity index (χ2n) is 3.97. The Hall–Kier alpha value is -1.31.